The number of anilines is 1. The highest BCUT2D eigenvalue weighted by Crippen LogP contribution is 2.29. The number of nitrogens with zero attached hydrogens (tertiary/aromatic N) is 2. The molecule has 3 rings (SSSR count). The zero-order valence-electron chi connectivity index (χ0n) is 20.5. The number of amides is 2. The Labute approximate surface area is 202 Å². The van der Waals surface area contributed by atoms with Gasteiger partial charge in [-0.15, -0.1) is 0 Å². The first-order valence-electron chi connectivity index (χ1n) is 11.8. The molecular formula is C27H35N3O4. The SMILES string of the molecule is CCc1ccccc1NC(=O)CN1CCN(C(=O)/C=C/c2ccc(OC(C)C)c(OC)c2)CC1. The Bertz CT molecular complexity index is 1010. The Morgan fingerprint density at radius 2 is 1.79 bits per heavy atom. The molecule has 2 aromatic rings. The molecule has 0 saturated carbocycles. The lowest BCUT2D eigenvalue weighted by atomic mass is 10.1. The molecule has 0 unspecified atom stereocenters. The van der Waals surface area contributed by atoms with Gasteiger partial charge < -0.3 is 19.7 Å². The number of hydrogen-bond donors (Lipinski definition) is 1. The van der Waals surface area contributed by atoms with Crippen molar-refractivity contribution in [2.45, 2.75) is 33.3 Å². The second-order valence-corrected chi connectivity index (χ2v) is 8.57. The van der Waals surface area contributed by atoms with Crippen LogP contribution in [0.25, 0.3) is 6.08 Å². The van der Waals surface area contributed by atoms with Gasteiger partial charge in [-0.3, -0.25) is 14.5 Å². The Morgan fingerprint density at radius 3 is 2.47 bits per heavy atom. The van der Waals surface area contributed by atoms with Gasteiger partial charge in [-0.1, -0.05) is 31.2 Å². The van der Waals surface area contributed by atoms with E-state index in [-0.39, 0.29) is 17.9 Å². The summed E-state index contributed by atoms with van der Waals surface area (Å²) in [6.07, 6.45) is 4.29. The van der Waals surface area contributed by atoms with Gasteiger partial charge in [-0.25, -0.2) is 0 Å². The molecule has 2 amide bonds. The van der Waals surface area contributed by atoms with E-state index in [1.165, 1.54) is 0 Å². The summed E-state index contributed by atoms with van der Waals surface area (Å²) in [5.74, 6) is 1.25. The van der Waals surface area contributed by atoms with Crippen molar-refractivity contribution in [1.29, 1.82) is 0 Å². The maximum Gasteiger partial charge on any atom is 0.246 e. The van der Waals surface area contributed by atoms with Crippen LogP contribution in [0.4, 0.5) is 5.69 Å². The smallest absolute Gasteiger partial charge is 0.246 e. The van der Waals surface area contributed by atoms with Crippen LogP contribution < -0.4 is 14.8 Å². The first-order valence-corrected chi connectivity index (χ1v) is 11.8. The predicted octanol–water partition coefficient (Wildman–Crippen LogP) is 3.84. The second kappa shape index (κ2) is 12.2. The van der Waals surface area contributed by atoms with Crippen LogP contribution in [-0.4, -0.2) is 67.6 Å². The molecule has 182 valence electrons. The van der Waals surface area contributed by atoms with Gasteiger partial charge in [0, 0.05) is 37.9 Å². The van der Waals surface area contributed by atoms with Crippen molar-refractivity contribution in [3.8, 4) is 11.5 Å². The fourth-order valence-electron chi connectivity index (χ4n) is 3.88. The number of para-hydroxylation sites is 1. The van der Waals surface area contributed by atoms with Gasteiger partial charge in [0.15, 0.2) is 11.5 Å². The standard InChI is InChI=1S/C27H35N3O4/c1-5-22-8-6-7-9-23(22)28-26(31)19-29-14-16-30(17-15-29)27(32)13-11-21-10-12-24(34-20(2)3)25(18-21)33-4/h6-13,18,20H,5,14-17,19H2,1-4H3,(H,28,31)/b13-11+. The Kier molecular flexibility index (Phi) is 9.10. The first-order chi connectivity index (χ1) is 16.4. The second-order valence-electron chi connectivity index (χ2n) is 8.57. The van der Waals surface area contributed by atoms with Crippen molar-refractivity contribution in [2.75, 3.05) is 45.2 Å². The highest BCUT2D eigenvalue weighted by molar-refractivity contribution is 5.93. The summed E-state index contributed by atoms with van der Waals surface area (Å²) in [7, 11) is 1.60. The third kappa shape index (κ3) is 7.09. The van der Waals surface area contributed by atoms with E-state index in [1.54, 1.807) is 19.3 Å². The zero-order valence-corrected chi connectivity index (χ0v) is 20.5. The van der Waals surface area contributed by atoms with Crippen molar-refractivity contribution in [3.63, 3.8) is 0 Å². The summed E-state index contributed by atoms with van der Waals surface area (Å²) in [6, 6.07) is 13.5. The molecule has 1 fully saturated rings. The number of benzene rings is 2. The molecule has 0 radical (unpaired) electrons. The molecule has 1 aliphatic heterocycles. The van der Waals surface area contributed by atoms with Crippen LogP contribution in [0.15, 0.2) is 48.5 Å². The number of piperazine rings is 1. The average Bonchev–Trinajstić information content (AvgIpc) is 2.83. The predicted molar refractivity (Wildman–Crippen MR) is 135 cm³/mol. The van der Waals surface area contributed by atoms with Gasteiger partial charge in [0.25, 0.3) is 0 Å². The highest BCUT2D eigenvalue weighted by atomic mass is 16.5. The van der Waals surface area contributed by atoms with Crippen LogP contribution in [0.2, 0.25) is 0 Å². The topological polar surface area (TPSA) is 71.1 Å². The van der Waals surface area contributed by atoms with Crippen molar-refractivity contribution >= 4 is 23.6 Å². The maximum absolute atomic E-state index is 12.7. The molecule has 0 atom stereocenters. The molecule has 1 N–H and O–H groups in total. The monoisotopic (exact) mass is 465 g/mol. The lowest BCUT2D eigenvalue weighted by molar-refractivity contribution is -0.127. The van der Waals surface area contributed by atoms with E-state index in [0.717, 1.165) is 23.2 Å². The van der Waals surface area contributed by atoms with Gasteiger partial charge in [0.05, 0.1) is 19.8 Å². The minimum absolute atomic E-state index is 0.0283. The molecule has 7 heteroatoms. The van der Waals surface area contributed by atoms with E-state index in [4.69, 9.17) is 9.47 Å². The number of carbonyl (C=O) groups is 2. The first kappa shape index (κ1) is 25.3. The van der Waals surface area contributed by atoms with Crippen molar-refractivity contribution in [2.24, 2.45) is 0 Å². The molecular weight excluding hydrogens is 430 g/mol. The lowest BCUT2D eigenvalue weighted by Gasteiger charge is -2.33. The number of rotatable bonds is 9. The average molecular weight is 466 g/mol. The van der Waals surface area contributed by atoms with Crippen LogP contribution in [0.5, 0.6) is 11.5 Å². The van der Waals surface area contributed by atoms with Crippen molar-refractivity contribution in [3.05, 3.63) is 59.7 Å². The third-order valence-corrected chi connectivity index (χ3v) is 5.69. The Balaban J connectivity index is 1.49. The van der Waals surface area contributed by atoms with Gasteiger partial charge in [-0.2, -0.15) is 0 Å². The van der Waals surface area contributed by atoms with E-state index < -0.39 is 0 Å². The van der Waals surface area contributed by atoms with Gasteiger partial charge >= 0.3 is 0 Å². The molecule has 1 aliphatic rings. The number of carbonyl (C=O) groups excluding carboxylic acids is 2. The largest absolute Gasteiger partial charge is 0.493 e. The highest BCUT2D eigenvalue weighted by Gasteiger charge is 2.21. The molecule has 0 bridgehead atoms. The number of aryl methyl sites for hydroxylation is 1. The van der Waals surface area contributed by atoms with Crippen LogP contribution in [0.3, 0.4) is 0 Å². The summed E-state index contributed by atoms with van der Waals surface area (Å²) in [5, 5.41) is 3.01. The summed E-state index contributed by atoms with van der Waals surface area (Å²) < 4.78 is 11.1. The van der Waals surface area contributed by atoms with Crippen LogP contribution in [0, 0.1) is 0 Å². The molecule has 0 spiro atoms. The zero-order chi connectivity index (χ0) is 24.5. The number of hydrogen-bond acceptors (Lipinski definition) is 5. The quantitative estimate of drug-likeness (QED) is 0.570. The molecule has 0 aromatic heterocycles. The van der Waals surface area contributed by atoms with Crippen LogP contribution in [0.1, 0.15) is 31.9 Å². The Morgan fingerprint density at radius 1 is 1.06 bits per heavy atom. The van der Waals surface area contributed by atoms with Gasteiger partial charge in [0.2, 0.25) is 11.8 Å². The normalized spacial score (nSPS) is 14.4. The van der Waals surface area contributed by atoms with E-state index in [9.17, 15) is 9.59 Å². The molecule has 2 aromatic carbocycles. The van der Waals surface area contributed by atoms with Crippen molar-refractivity contribution in [1.82, 2.24) is 9.80 Å². The molecule has 1 heterocycles. The molecule has 0 aliphatic carbocycles. The maximum atomic E-state index is 12.7. The lowest BCUT2D eigenvalue weighted by Crippen LogP contribution is -2.50. The minimum Gasteiger partial charge on any atom is -0.493 e. The third-order valence-electron chi connectivity index (χ3n) is 5.69. The van der Waals surface area contributed by atoms with E-state index >= 15 is 0 Å². The van der Waals surface area contributed by atoms with Crippen LogP contribution >= 0.6 is 0 Å². The van der Waals surface area contributed by atoms with E-state index in [0.29, 0.717) is 44.2 Å². The Hall–Kier alpha value is -3.32. The summed E-state index contributed by atoms with van der Waals surface area (Å²) in [4.78, 5) is 29.0. The fraction of sp³-hybridized carbons (Fsp3) is 0.407. The van der Waals surface area contributed by atoms with Crippen molar-refractivity contribution < 1.29 is 19.1 Å². The number of ether oxygens (including phenoxy) is 2. The molecule has 34 heavy (non-hydrogen) atoms. The van der Waals surface area contributed by atoms with E-state index in [1.807, 2.05) is 61.2 Å². The summed E-state index contributed by atoms with van der Waals surface area (Å²) >= 11 is 0. The van der Waals surface area contributed by atoms with Gasteiger partial charge in [0.1, 0.15) is 0 Å². The van der Waals surface area contributed by atoms with E-state index in [2.05, 4.69) is 17.1 Å². The minimum atomic E-state index is -0.0394. The summed E-state index contributed by atoms with van der Waals surface area (Å²) in [6.45, 7) is 8.82. The fourth-order valence-corrected chi connectivity index (χ4v) is 3.88. The molecule has 7 nitrogen and oxygen atoms in total. The summed E-state index contributed by atoms with van der Waals surface area (Å²) in [5.41, 5.74) is 2.86. The molecule has 1 saturated heterocycles. The van der Waals surface area contributed by atoms with Gasteiger partial charge in [-0.05, 0) is 55.7 Å². The van der Waals surface area contributed by atoms with Crippen LogP contribution in [-0.2, 0) is 16.0 Å². The number of nitrogens with one attached hydrogen (secondary N) is 1. The number of methoxy groups -OCH3 is 1.